The highest BCUT2D eigenvalue weighted by Crippen LogP contribution is 2.31. The Morgan fingerprint density at radius 3 is 2.57 bits per heavy atom. The molecule has 3 heterocycles. The molecule has 2 amide bonds. The van der Waals surface area contributed by atoms with E-state index in [-0.39, 0.29) is 18.0 Å². The van der Waals surface area contributed by atoms with E-state index in [0.717, 1.165) is 49.2 Å². The molecule has 2 N–H and O–H groups in total. The Balaban J connectivity index is 1.73. The van der Waals surface area contributed by atoms with E-state index in [1.165, 1.54) is 0 Å². The quantitative estimate of drug-likeness (QED) is 0.759. The van der Waals surface area contributed by atoms with Gasteiger partial charge >= 0.3 is 5.69 Å². The molecule has 2 saturated heterocycles. The third-order valence-electron chi connectivity index (χ3n) is 6.05. The summed E-state index contributed by atoms with van der Waals surface area (Å²) < 4.78 is 3.18. The van der Waals surface area contributed by atoms with Crippen LogP contribution in [-0.4, -0.2) is 47.6 Å². The predicted octanol–water partition coefficient (Wildman–Crippen LogP) is 0.754. The molecule has 8 heteroatoms. The second-order valence-corrected chi connectivity index (χ2v) is 7.81. The monoisotopic (exact) mass is 385 g/mol. The molecule has 2 fully saturated rings. The maximum atomic E-state index is 13.0. The van der Waals surface area contributed by atoms with Crippen molar-refractivity contribution in [2.45, 2.75) is 31.7 Å². The van der Waals surface area contributed by atoms with E-state index in [1.807, 2.05) is 19.2 Å². The molecule has 0 saturated carbocycles. The Bertz CT molecular complexity index is 968. The maximum Gasteiger partial charge on any atom is 0.329 e. The van der Waals surface area contributed by atoms with Gasteiger partial charge in [0.15, 0.2) is 0 Å². The molecule has 0 spiro atoms. The Hall–Kier alpha value is -2.61. The van der Waals surface area contributed by atoms with Crippen LogP contribution in [0.5, 0.6) is 0 Å². The number of benzene rings is 1. The highest BCUT2D eigenvalue weighted by atomic mass is 16.2. The molecular weight excluding hydrogens is 358 g/mol. The Labute approximate surface area is 163 Å². The number of amides is 2. The van der Waals surface area contributed by atoms with Gasteiger partial charge in [-0.05, 0) is 50.9 Å². The third kappa shape index (κ3) is 3.11. The van der Waals surface area contributed by atoms with E-state index >= 15 is 0 Å². The lowest BCUT2D eigenvalue weighted by Crippen LogP contribution is -2.44. The van der Waals surface area contributed by atoms with Crippen LogP contribution in [0.4, 0.5) is 5.69 Å². The van der Waals surface area contributed by atoms with Crippen molar-refractivity contribution >= 4 is 28.5 Å². The fourth-order valence-corrected chi connectivity index (χ4v) is 4.57. The minimum absolute atomic E-state index is 0.220. The standard InChI is InChI=1S/C20H27N5O3/c1-21-12-13-8-10-24(11-9-13)14-4-3-5-15-18(14)23(2)20(28)25(15)16-6-7-17(26)22-19(16)27/h3-5,13,16,21H,6-12H2,1-2H3,(H,22,26,27). The van der Waals surface area contributed by atoms with Gasteiger partial charge in [-0.1, -0.05) is 6.07 Å². The molecule has 150 valence electrons. The van der Waals surface area contributed by atoms with Crippen molar-refractivity contribution in [1.29, 1.82) is 0 Å². The zero-order valence-corrected chi connectivity index (χ0v) is 16.4. The number of nitrogens with one attached hydrogen (secondary N) is 2. The molecule has 8 nitrogen and oxygen atoms in total. The number of para-hydroxylation sites is 1. The van der Waals surface area contributed by atoms with Crippen molar-refractivity contribution in [3.63, 3.8) is 0 Å². The molecule has 4 rings (SSSR count). The van der Waals surface area contributed by atoms with Crippen molar-refractivity contribution in [3.8, 4) is 0 Å². The van der Waals surface area contributed by atoms with Crippen LogP contribution in [-0.2, 0) is 16.6 Å². The fourth-order valence-electron chi connectivity index (χ4n) is 4.57. The normalized spacial score (nSPS) is 21.4. The number of piperidine rings is 2. The van der Waals surface area contributed by atoms with Crippen molar-refractivity contribution in [2.24, 2.45) is 13.0 Å². The summed E-state index contributed by atoms with van der Waals surface area (Å²) in [5.41, 5.74) is 2.41. The Morgan fingerprint density at radius 2 is 1.89 bits per heavy atom. The van der Waals surface area contributed by atoms with Crippen LogP contribution in [0.3, 0.4) is 0 Å². The number of carbonyl (C=O) groups excluding carboxylic acids is 2. The average Bonchev–Trinajstić information content (AvgIpc) is 2.94. The third-order valence-corrected chi connectivity index (χ3v) is 6.05. The van der Waals surface area contributed by atoms with Crippen LogP contribution in [0.1, 0.15) is 31.7 Å². The van der Waals surface area contributed by atoms with Crippen LogP contribution >= 0.6 is 0 Å². The number of anilines is 1. The van der Waals surface area contributed by atoms with Crippen LogP contribution in [0.15, 0.2) is 23.0 Å². The van der Waals surface area contributed by atoms with Gasteiger partial charge in [-0.25, -0.2) is 4.79 Å². The average molecular weight is 385 g/mol. The number of fused-ring (bicyclic) bond motifs is 1. The van der Waals surface area contributed by atoms with Crippen molar-refractivity contribution in [3.05, 3.63) is 28.7 Å². The second kappa shape index (κ2) is 7.43. The Morgan fingerprint density at radius 1 is 1.14 bits per heavy atom. The fraction of sp³-hybridized carbons (Fsp3) is 0.550. The first-order chi connectivity index (χ1) is 13.5. The molecule has 1 aromatic carbocycles. The van der Waals surface area contributed by atoms with E-state index in [9.17, 15) is 14.4 Å². The molecule has 0 radical (unpaired) electrons. The van der Waals surface area contributed by atoms with E-state index in [0.29, 0.717) is 12.3 Å². The van der Waals surface area contributed by atoms with Crippen LogP contribution in [0.25, 0.3) is 11.0 Å². The predicted molar refractivity (Wildman–Crippen MR) is 107 cm³/mol. The molecule has 2 aromatic rings. The van der Waals surface area contributed by atoms with E-state index in [2.05, 4.69) is 21.6 Å². The van der Waals surface area contributed by atoms with Crippen LogP contribution < -0.4 is 21.2 Å². The number of imide groups is 1. The topological polar surface area (TPSA) is 88.4 Å². The summed E-state index contributed by atoms with van der Waals surface area (Å²) in [6.45, 7) is 2.93. The van der Waals surface area contributed by atoms with Gasteiger partial charge in [0.1, 0.15) is 6.04 Å². The number of hydrogen-bond acceptors (Lipinski definition) is 5. The first kappa shape index (κ1) is 18.7. The second-order valence-electron chi connectivity index (χ2n) is 7.81. The van der Waals surface area contributed by atoms with Gasteiger partial charge in [-0.2, -0.15) is 0 Å². The van der Waals surface area contributed by atoms with Gasteiger partial charge in [0, 0.05) is 26.6 Å². The number of hydrogen-bond donors (Lipinski definition) is 2. The molecule has 28 heavy (non-hydrogen) atoms. The summed E-state index contributed by atoms with van der Waals surface area (Å²) in [5, 5.41) is 5.62. The molecule has 2 aliphatic rings. The van der Waals surface area contributed by atoms with E-state index < -0.39 is 11.9 Å². The van der Waals surface area contributed by atoms with Crippen LogP contribution in [0.2, 0.25) is 0 Å². The summed E-state index contributed by atoms with van der Waals surface area (Å²) in [7, 11) is 3.74. The minimum atomic E-state index is -0.648. The largest absolute Gasteiger partial charge is 0.370 e. The molecule has 0 bridgehead atoms. The number of nitrogens with zero attached hydrogens (tertiary/aromatic N) is 3. The van der Waals surface area contributed by atoms with Gasteiger partial charge in [0.2, 0.25) is 11.8 Å². The lowest BCUT2D eigenvalue weighted by Gasteiger charge is -2.34. The molecule has 1 aromatic heterocycles. The van der Waals surface area contributed by atoms with E-state index in [4.69, 9.17) is 0 Å². The summed E-state index contributed by atoms with van der Waals surface area (Å²) in [4.78, 5) is 39.2. The number of rotatable bonds is 4. The SMILES string of the molecule is CNCC1CCN(c2cccc3c2n(C)c(=O)n3C2CCC(=O)NC2=O)CC1. The number of aryl methyl sites for hydroxylation is 1. The Kier molecular flexibility index (Phi) is 4.97. The summed E-state index contributed by atoms with van der Waals surface area (Å²) in [6, 6.07) is 5.23. The lowest BCUT2D eigenvalue weighted by molar-refractivity contribution is -0.135. The number of carbonyl (C=O) groups is 2. The summed E-state index contributed by atoms with van der Waals surface area (Å²) in [5.74, 6) is 0.00106. The molecular formula is C20H27N5O3. The molecule has 2 aliphatic heterocycles. The first-order valence-corrected chi connectivity index (χ1v) is 9.94. The lowest BCUT2D eigenvalue weighted by atomic mass is 9.96. The highest BCUT2D eigenvalue weighted by Gasteiger charge is 2.32. The number of imidazole rings is 1. The van der Waals surface area contributed by atoms with Gasteiger partial charge < -0.3 is 10.2 Å². The molecule has 0 aliphatic carbocycles. The summed E-state index contributed by atoms with van der Waals surface area (Å²) in [6.07, 6.45) is 2.82. The van der Waals surface area contributed by atoms with Gasteiger partial charge in [-0.3, -0.25) is 24.0 Å². The van der Waals surface area contributed by atoms with E-state index in [1.54, 1.807) is 16.2 Å². The van der Waals surface area contributed by atoms with Gasteiger partial charge in [-0.15, -0.1) is 0 Å². The zero-order valence-electron chi connectivity index (χ0n) is 16.4. The maximum absolute atomic E-state index is 13.0. The van der Waals surface area contributed by atoms with Crippen molar-refractivity contribution in [1.82, 2.24) is 19.8 Å². The minimum Gasteiger partial charge on any atom is -0.370 e. The molecule has 1 atom stereocenters. The number of aromatic nitrogens is 2. The smallest absolute Gasteiger partial charge is 0.329 e. The highest BCUT2D eigenvalue weighted by molar-refractivity contribution is 6.00. The van der Waals surface area contributed by atoms with Gasteiger partial charge in [0.25, 0.3) is 0 Å². The molecule has 1 unspecified atom stereocenters. The first-order valence-electron chi connectivity index (χ1n) is 9.94. The van der Waals surface area contributed by atoms with Gasteiger partial charge in [0.05, 0.1) is 16.7 Å². The zero-order chi connectivity index (χ0) is 19.8. The van der Waals surface area contributed by atoms with Crippen LogP contribution in [0, 0.1) is 5.92 Å². The summed E-state index contributed by atoms with van der Waals surface area (Å²) >= 11 is 0. The van der Waals surface area contributed by atoms with Crippen molar-refractivity contribution in [2.75, 3.05) is 31.6 Å². The van der Waals surface area contributed by atoms with Crippen molar-refractivity contribution < 1.29 is 9.59 Å².